The maximum atomic E-state index is 10.1. The minimum atomic E-state index is 0.378. The van der Waals surface area contributed by atoms with Gasteiger partial charge < -0.3 is 9.53 Å². The Labute approximate surface area is 81.7 Å². The van der Waals surface area contributed by atoms with Crippen molar-refractivity contribution in [3.05, 3.63) is 0 Å². The molecule has 0 saturated heterocycles. The van der Waals surface area contributed by atoms with Gasteiger partial charge in [0.05, 0.1) is 0 Å². The van der Waals surface area contributed by atoms with Crippen LogP contribution in [0.15, 0.2) is 0 Å². The first-order valence-electron chi connectivity index (χ1n) is 5.32. The highest BCUT2D eigenvalue weighted by Gasteiger charge is 1.99. The number of unbranched alkanes of at least 4 members (excludes halogenated alkanes) is 3. The Kier molecular flexibility index (Phi) is 9.44. The zero-order chi connectivity index (χ0) is 9.94. The highest BCUT2D eigenvalue weighted by atomic mass is 16.5. The van der Waals surface area contributed by atoms with Gasteiger partial charge in [0, 0.05) is 19.6 Å². The summed E-state index contributed by atoms with van der Waals surface area (Å²) in [6.45, 7) is 5.82. The number of aldehydes is 1. The van der Waals surface area contributed by atoms with Gasteiger partial charge in [-0.25, -0.2) is 0 Å². The Morgan fingerprint density at radius 2 is 2.08 bits per heavy atom. The van der Waals surface area contributed by atoms with Crippen molar-refractivity contribution in [2.24, 2.45) is 5.92 Å². The van der Waals surface area contributed by atoms with E-state index in [0.29, 0.717) is 12.3 Å². The van der Waals surface area contributed by atoms with E-state index in [9.17, 15) is 4.79 Å². The number of hydrogen-bond acceptors (Lipinski definition) is 2. The van der Waals surface area contributed by atoms with Gasteiger partial charge in [0.2, 0.25) is 0 Å². The lowest BCUT2D eigenvalue weighted by Crippen LogP contribution is -2.07. The number of carbonyl (C=O) groups is 1. The molecule has 2 nitrogen and oxygen atoms in total. The normalized spacial score (nSPS) is 12.8. The van der Waals surface area contributed by atoms with Gasteiger partial charge in [-0.05, 0) is 12.3 Å². The van der Waals surface area contributed by atoms with E-state index in [0.717, 1.165) is 25.9 Å². The molecule has 0 aromatic rings. The summed E-state index contributed by atoms with van der Waals surface area (Å²) in [6, 6.07) is 0. The summed E-state index contributed by atoms with van der Waals surface area (Å²) in [6.07, 6.45) is 6.56. The molecule has 0 amide bonds. The van der Waals surface area contributed by atoms with Crippen molar-refractivity contribution in [3.63, 3.8) is 0 Å². The molecular formula is C11H22O2. The van der Waals surface area contributed by atoms with Gasteiger partial charge in [-0.2, -0.15) is 0 Å². The molecule has 0 aromatic carbocycles. The Morgan fingerprint density at radius 1 is 1.31 bits per heavy atom. The number of ether oxygens (including phenoxy) is 1. The van der Waals surface area contributed by atoms with Crippen LogP contribution in [-0.2, 0) is 9.53 Å². The first kappa shape index (κ1) is 12.6. The molecule has 0 saturated carbocycles. The Bertz CT molecular complexity index is 113. The van der Waals surface area contributed by atoms with Crippen molar-refractivity contribution in [1.29, 1.82) is 0 Å². The van der Waals surface area contributed by atoms with Crippen molar-refractivity contribution >= 4 is 6.29 Å². The number of carbonyl (C=O) groups excluding carboxylic acids is 1. The molecule has 2 heteroatoms. The van der Waals surface area contributed by atoms with Crippen LogP contribution in [0.1, 0.15) is 46.0 Å². The van der Waals surface area contributed by atoms with Crippen LogP contribution in [0.4, 0.5) is 0 Å². The third-order valence-electron chi connectivity index (χ3n) is 2.04. The molecule has 1 atom stereocenters. The summed E-state index contributed by atoms with van der Waals surface area (Å²) in [5.74, 6) is 0.378. The van der Waals surface area contributed by atoms with E-state index in [1.807, 2.05) is 6.92 Å². The average Bonchev–Trinajstić information content (AvgIpc) is 2.11. The Morgan fingerprint density at radius 3 is 2.69 bits per heavy atom. The van der Waals surface area contributed by atoms with Gasteiger partial charge in [0.1, 0.15) is 6.29 Å². The number of rotatable bonds is 9. The van der Waals surface area contributed by atoms with Gasteiger partial charge in [0.15, 0.2) is 0 Å². The average molecular weight is 186 g/mol. The fourth-order valence-corrected chi connectivity index (χ4v) is 1.15. The smallest absolute Gasteiger partial charge is 0.120 e. The van der Waals surface area contributed by atoms with E-state index in [1.165, 1.54) is 19.3 Å². The molecule has 13 heavy (non-hydrogen) atoms. The van der Waals surface area contributed by atoms with E-state index in [2.05, 4.69) is 6.92 Å². The Hall–Kier alpha value is -0.370. The lowest BCUT2D eigenvalue weighted by molar-refractivity contribution is -0.108. The molecule has 0 heterocycles. The highest BCUT2D eigenvalue weighted by molar-refractivity contribution is 5.49. The molecule has 0 bridgehead atoms. The first-order valence-corrected chi connectivity index (χ1v) is 5.32. The van der Waals surface area contributed by atoms with Crippen LogP contribution in [0.3, 0.4) is 0 Å². The van der Waals surface area contributed by atoms with Gasteiger partial charge in [0.25, 0.3) is 0 Å². The SMILES string of the molecule is CCCCCCOCC(C)CC=O. The first-order chi connectivity index (χ1) is 6.31. The van der Waals surface area contributed by atoms with Crippen LogP contribution in [0.25, 0.3) is 0 Å². The molecule has 0 spiro atoms. The zero-order valence-corrected chi connectivity index (χ0v) is 8.92. The minimum Gasteiger partial charge on any atom is -0.381 e. The summed E-state index contributed by atoms with van der Waals surface area (Å²) < 4.78 is 5.44. The maximum Gasteiger partial charge on any atom is 0.120 e. The van der Waals surface area contributed by atoms with Crippen molar-refractivity contribution in [2.75, 3.05) is 13.2 Å². The van der Waals surface area contributed by atoms with Gasteiger partial charge in [-0.1, -0.05) is 33.1 Å². The quantitative estimate of drug-likeness (QED) is 0.409. The van der Waals surface area contributed by atoms with Crippen LogP contribution in [0.5, 0.6) is 0 Å². The van der Waals surface area contributed by atoms with E-state index < -0.39 is 0 Å². The summed E-state index contributed by atoms with van der Waals surface area (Å²) in [7, 11) is 0. The van der Waals surface area contributed by atoms with E-state index in [1.54, 1.807) is 0 Å². The Balaban J connectivity index is 3.01. The van der Waals surface area contributed by atoms with Gasteiger partial charge in [-0.15, -0.1) is 0 Å². The van der Waals surface area contributed by atoms with Crippen LogP contribution < -0.4 is 0 Å². The van der Waals surface area contributed by atoms with Crippen LogP contribution >= 0.6 is 0 Å². The summed E-state index contributed by atoms with van der Waals surface area (Å²) in [5.41, 5.74) is 0. The third-order valence-corrected chi connectivity index (χ3v) is 2.04. The van der Waals surface area contributed by atoms with Crippen molar-refractivity contribution in [1.82, 2.24) is 0 Å². The fraction of sp³-hybridized carbons (Fsp3) is 0.909. The van der Waals surface area contributed by atoms with Crippen molar-refractivity contribution in [2.45, 2.75) is 46.0 Å². The van der Waals surface area contributed by atoms with Crippen molar-refractivity contribution in [3.8, 4) is 0 Å². The molecule has 0 rings (SSSR count). The predicted molar refractivity (Wildman–Crippen MR) is 54.8 cm³/mol. The second-order valence-electron chi connectivity index (χ2n) is 3.64. The molecule has 0 N–H and O–H groups in total. The predicted octanol–water partition coefficient (Wildman–Crippen LogP) is 2.81. The zero-order valence-electron chi connectivity index (χ0n) is 8.92. The van der Waals surface area contributed by atoms with Crippen LogP contribution in [0, 0.1) is 5.92 Å². The molecule has 0 aliphatic heterocycles. The maximum absolute atomic E-state index is 10.1. The largest absolute Gasteiger partial charge is 0.381 e. The van der Waals surface area contributed by atoms with Crippen LogP contribution in [0.2, 0.25) is 0 Å². The topological polar surface area (TPSA) is 26.3 Å². The van der Waals surface area contributed by atoms with E-state index >= 15 is 0 Å². The minimum absolute atomic E-state index is 0.378. The molecule has 0 radical (unpaired) electrons. The summed E-state index contributed by atoms with van der Waals surface area (Å²) in [5, 5.41) is 0. The second-order valence-corrected chi connectivity index (χ2v) is 3.64. The lowest BCUT2D eigenvalue weighted by Gasteiger charge is -2.08. The van der Waals surface area contributed by atoms with E-state index in [-0.39, 0.29) is 0 Å². The lowest BCUT2D eigenvalue weighted by atomic mass is 10.1. The number of hydrogen-bond donors (Lipinski definition) is 0. The van der Waals surface area contributed by atoms with E-state index in [4.69, 9.17) is 4.74 Å². The molecule has 0 aliphatic rings. The summed E-state index contributed by atoms with van der Waals surface area (Å²) in [4.78, 5) is 10.1. The molecule has 1 unspecified atom stereocenters. The molecule has 0 aromatic heterocycles. The van der Waals surface area contributed by atoms with Gasteiger partial charge >= 0.3 is 0 Å². The molecule has 0 fully saturated rings. The molecule has 78 valence electrons. The summed E-state index contributed by atoms with van der Waals surface area (Å²) >= 11 is 0. The fourth-order valence-electron chi connectivity index (χ4n) is 1.15. The van der Waals surface area contributed by atoms with Crippen molar-refractivity contribution < 1.29 is 9.53 Å². The second kappa shape index (κ2) is 9.72. The monoisotopic (exact) mass is 186 g/mol. The molecule has 0 aliphatic carbocycles. The third kappa shape index (κ3) is 9.54. The highest BCUT2D eigenvalue weighted by Crippen LogP contribution is 2.02. The van der Waals surface area contributed by atoms with Gasteiger partial charge in [-0.3, -0.25) is 0 Å². The molecular weight excluding hydrogens is 164 g/mol. The van der Waals surface area contributed by atoms with Crippen LogP contribution in [-0.4, -0.2) is 19.5 Å². The standard InChI is InChI=1S/C11H22O2/c1-3-4-5-6-9-13-10-11(2)7-8-12/h8,11H,3-7,9-10H2,1-2H3.